The zero-order valence-corrected chi connectivity index (χ0v) is 8.48. The summed E-state index contributed by atoms with van der Waals surface area (Å²) in [5.74, 6) is 0.599. The molecule has 82 valence electrons. The first-order valence-electron chi connectivity index (χ1n) is 4.94. The van der Waals surface area contributed by atoms with Crippen molar-refractivity contribution in [2.75, 3.05) is 19.8 Å². The van der Waals surface area contributed by atoms with Crippen molar-refractivity contribution in [2.45, 2.75) is 25.9 Å². The van der Waals surface area contributed by atoms with E-state index < -0.39 is 0 Å². The van der Waals surface area contributed by atoms with Gasteiger partial charge >= 0.3 is 0 Å². The van der Waals surface area contributed by atoms with Gasteiger partial charge < -0.3 is 20.4 Å². The Morgan fingerprint density at radius 3 is 3.07 bits per heavy atom. The maximum Gasteiger partial charge on any atom is 0.168 e. The average molecular weight is 202 g/mol. The summed E-state index contributed by atoms with van der Waals surface area (Å²) in [7, 11) is 0. The summed E-state index contributed by atoms with van der Waals surface area (Å²) < 4.78 is 10.8. The van der Waals surface area contributed by atoms with Crippen LogP contribution in [-0.4, -0.2) is 37.0 Å². The molecule has 1 heterocycles. The molecule has 0 aromatic carbocycles. The van der Waals surface area contributed by atoms with E-state index in [9.17, 15) is 0 Å². The van der Waals surface area contributed by atoms with Crippen LogP contribution in [0.3, 0.4) is 0 Å². The topological polar surface area (TPSA) is 77.1 Å². The minimum absolute atomic E-state index is 0.145. The molecule has 5 nitrogen and oxygen atoms in total. The van der Waals surface area contributed by atoms with Crippen LogP contribution in [0, 0.1) is 5.92 Å². The average Bonchev–Trinajstić information content (AvgIpc) is 2.71. The molecule has 3 N–H and O–H groups in total. The molecule has 0 aromatic heterocycles. The summed E-state index contributed by atoms with van der Waals surface area (Å²) in [6.45, 7) is 4.13. The number of amidine groups is 1. The molecule has 0 saturated carbocycles. The lowest BCUT2D eigenvalue weighted by Gasteiger charge is -2.16. The molecule has 2 atom stereocenters. The van der Waals surface area contributed by atoms with Crippen molar-refractivity contribution in [1.29, 1.82) is 0 Å². The van der Waals surface area contributed by atoms with Crippen molar-refractivity contribution < 1.29 is 14.7 Å². The Kier molecular flexibility index (Phi) is 4.69. The van der Waals surface area contributed by atoms with Crippen LogP contribution in [0.5, 0.6) is 0 Å². The van der Waals surface area contributed by atoms with E-state index in [4.69, 9.17) is 20.4 Å². The van der Waals surface area contributed by atoms with E-state index >= 15 is 0 Å². The minimum Gasteiger partial charge on any atom is -0.409 e. The first-order valence-corrected chi connectivity index (χ1v) is 4.94. The smallest absolute Gasteiger partial charge is 0.168 e. The van der Waals surface area contributed by atoms with Gasteiger partial charge in [0.25, 0.3) is 0 Å². The summed E-state index contributed by atoms with van der Waals surface area (Å²) in [6.07, 6.45) is 1.47. The molecule has 0 radical (unpaired) electrons. The molecular weight excluding hydrogens is 184 g/mol. The number of nitrogens with two attached hydrogens (primary N) is 1. The molecule has 1 fully saturated rings. The maximum atomic E-state index is 8.49. The van der Waals surface area contributed by atoms with Crippen LogP contribution in [0.15, 0.2) is 5.16 Å². The molecule has 0 spiro atoms. The SMILES string of the molecule is CCC(OCC1CCOC1)C(N)=NO. The van der Waals surface area contributed by atoms with Gasteiger partial charge in [-0.3, -0.25) is 0 Å². The van der Waals surface area contributed by atoms with Gasteiger partial charge in [0.1, 0.15) is 6.10 Å². The fourth-order valence-corrected chi connectivity index (χ4v) is 1.44. The number of nitrogens with zero attached hydrogens (tertiary/aromatic N) is 1. The molecular formula is C9H18N2O3. The van der Waals surface area contributed by atoms with E-state index in [0.29, 0.717) is 18.9 Å². The van der Waals surface area contributed by atoms with Crippen LogP contribution < -0.4 is 5.73 Å². The van der Waals surface area contributed by atoms with E-state index in [0.717, 1.165) is 19.6 Å². The third-order valence-electron chi connectivity index (χ3n) is 2.37. The number of oxime groups is 1. The molecule has 1 aliphatic rings. The van der Waals surface area contributed by atoms with Crippen LogP contribution in [0.2, 0.25) is 0 Å². The predicted molar refractivity (Wildman–Crippen MR) is 52.4 cm³/mol. The molecule has 2 unspecified atom stereocenters. The third-order valence-corrected chi connectivity index (χ3v) is 2.37. The van der Waals surface area contributed by atoms with Crippen molar-refractivity contribution in [2.24, 2.45) is 16.8 Å². The van der Waals surface area contributed by atoms with Gasteiger partial charge in [0, 0.05) is 12.5 Å². The van der Waals surface area contributed by atoms with Gasteiger partial charge in [-0.1, -0.05) is 12.1 Å². The highest BCUT2D eigenvalue weighted by Crippen LogP contribution is 2.13. The highest BCUT2D eigenvalue weighted by Gasteiger charge is 2.19. The van der Waals surface area contributed by atoms with Gasteiger partial charge in [0.05, 0.1) is 13.2 Å². The Morgan fingerprint density at radius 2 is 2.57 bits per heavy atom. The summed E-state index contributed by atoms with van der Waals surface area (Å²) in [5, 5.41) is 11.4. The molecule has 1 aliphatic heterocycles. The Balaban J connectivity index is 2.26. The van der Waals surface area contributed by atoms with Gasteiger partial charge in [-0.25, -0.2) is 0 Å². The van der Waals surface area contributed by atoms with Gasteiger partial charge in [0.15, 0.2) is 5.84 Å². The molecule has 1 rings (SSSR count). The summed E-state index contributed by atoms with van der Waals surface area (Å²) in [5.41, 5.74) is 5.46. The Labute approximate surface area is 83.9 Å². The van der Waals surface area contributed by atoms with E-state index in [1.165, 1.54) is 0 Å². The minimum atomic E-state index is -0.277. The lowest BCUT2D eigenvalue weighted by molar-refractivity contribution is 0.0581. The highest BCUT2D eigenvalue weighted by molar-refractivity contribution is 5.84. The van der Waals surface area contributed by atoms with Crippen LogP contribution in [0.25, 0.3) is 0 Å². The quantitative estimate of drug-likeness (QED) is 0.295. The van der Waals surface area contributed by atoms with Crippen LogP contribution in [0.1, 0.15) is 19.8 Å². The Hall–Kier alpha value is -0.810. The van der Waals surface area contributed by atoms with Gasteiger partial charge in [-0.05, 0) is 12.8 Å². The monoisotopic (exact) mass is 202 g/mol. The fraction of sp³-hybridized carbons (Fsp3) is 0.889. The van der Waals surface area contributed by atoms with Crippen molar-refractivity contribution in [3.8, 4) is 0 Å². The molecule has 0 aliphatic carbocycles. The standard InChI is InChI=1S/C9H18N2O3/c1-2-8(9(10)11-12)14-6-7-3-4-13-5-7/h7-8,12H,2-6H2,1H3,(H2,10,11). The second-order valence-electron chi connectivity index (χ2n) is 3.48. The van der Waals surface area contributed by atoms with Crippen LogP contribution in [0.4, 0.5) is 0 Å². The maximum absolute atomic E-state index is 8.49. The van der Waals surface area contributed by atoms with Crippen LogP contribution >= 0.6 is 0 Å². The highest BCUT2D eigenvalue weighted by atomic mass is 16.5. The zero-order valence-electron chi connectivity index (χ0n) is 8.48. The number of ether oxygens (including phenoxy) is 2. The second-order valence-corrected chi connectivity index (χ2v) is 3.48. The lowest BCUT2D eigenvalue weighted by Crippen LogP contribution is -2.32. The number of rotatable bonds is 5. The molecule has 14 heavy (non-hydrogen) atoms. The van der Waals surface area contributed by atoms with E-state index in [2.05, 4.69) is 5.16 Å². The van der Waals surface area contributed by atoms with Crippen molar-refractivity contribution in [3.63, 3.8) is 0 Å². The first-order chi connectivity index (χ1) is 6.77. The summed E-state index contributed by atoms with van der Waals surface area (Å²) in [6, 6.07) is 0. The normalized spacial score (nSPS) is 25.2. The number of hydrogen-bond acceptors (Lipinski definition) is 4. The second kappa shape index (κ2) is 5.82. The van der Waals surface area contributed by atoms with Crippen molar-refractivity contribution >= 4 is 5.84 Å². The molecule has 1 saturated heterocycles. The van der Waals surface area contributed by atoms with Gasteiger partial charge in [-0.15, -0.1) is 0 Å². The number of hydrogen-bond donors (Lipinski definition) is 2. The zero-order chi connectivity index (χ0) is 10.4. The lowest BCUT2D eigenvalue weighted by atomic mass is 10.1. The van der Waals surface area contributed by atoms with E-state index in [1.807, 2.05) is 6.92 Å². The largest absolute Gasteiger partial charge is 0.409 e. The van der Waals surface area contributed by atoms with E-state index in [1.54, 1.807) is 0 Å². The Morgan fingerprint density at radius 1 is 1.79 bits per heavy atom. The van der Waals surface area contributed by atoms with Crippen molar-refractivity contribution in [1.82, 2.24) is 0 Å². The van der Waals surface area contributed by atoms with E-state index in [-0.39, 0.29) is 11.9 Å². The molecule has 0 amide bonds. The first kappa shape index (κ1) is 11.3. The third kappa shape index (κ3) is 3.16. The van der Waals surface area contributed by atoms with Crippen LogP contribution in [-0.2, 0) is 9.47 Å². The summed E-state index contributed by atoms with van der Waals surface area (Å²) >= 11 is 0. The molecule has 5 heteroatoms. The summed E-state index contributed by atoms with van der Waals surface area (Å²) in [4.78, 5) is 0. The molecule has 0 bridgehead atoms. The molecule has 0 aromatic rings. The predicted octanol–water partition coefficient (Wildman–Crippen LogP) is 0.565. The van der Waals surface area contributed by atoms with Crippen molar-refractivity contribution in [3.05, 3.63) is 0 Å². The Bertz CT molecular complexity index is 190. The van der Waals surface area contributed by atoms with Gasteiger partial charge in [-0.2, -0.15) is 0 Å². The fourth-order valence-electron chi connectivity index (χ4n) is 1.44. The van der Waals surface area contributed by atoms with Gasteiger partial charge in [0.2, 0.25) is 0 Å².